The van der Waals surface area contributed by atoms with Gasteiger partial charge in [-0.25, -0.2) is 0 Å². The van der Waals surface area contributed by atoms with Gasteiger partial charge in [-0.3, -0.25) is 34.3 Å². The third kappa shape index (κ3) is 3.95. The number of hydrogen-bond acceptors (Lipinski definition) is 7. The molecule has 0 aromatic heterocycles. The lowest BCUT2D eigenvalue weighted by atomic mass is 10.0. The summed E-state index contributed by atoms with van der Waals surface area (Å²) in [6.45, 7) is 3.29. The van der Waals surface area contributed by atoms with Crippen molar-refractivity contribution in [3.05, 3.63) is 29.3 Å². The van der Waals surface area contributed by atoms with Crippen molar-refractivity contribution in [3.63, 3.8) is 0 Å². The molecule has 160 valence electrons. The standard InChI is InChI=1S/C21H26N4O5/c1-24(13-6-8-22-9-7-13)10-11-30-14-2-3-15-16(12-14)21(29)25(20(15)28)17-4-5-18(26)23-19(17)27/h2-3,12-13,17,22H,4-11H2,1H3,(H,23,26,27). The van der Waals surface area contributed by atoms with Crippen LogP contribution in [0.4, 0.5) is 0 Å². The Hall–Kier alpha value is -2.78. The predicted molar refractivity (Wildman–Crippen MR) is 107 cm³/mol. The van der Waals surface area contributed by atoms with Crippen molar-refractivity contribution in [1.29, 1.82) is 0 Å². The molecular formula is C21H26N4O5. The van der Waals surface area contributed by atoms with E-state index in [0.29, 0.717) is 18.4 Å². The molecule has 0 saturated carbocycles. The summed E-state index contributed by atoms with van der Waals surface area (Å²) in [4.78, 5) is 52.3. The molecule has 1 unspecified atom stereocenters. The number of imide groups is 2. The van der Waals surface area contributed by atoms with Crippen LogP contribution in [0.2, 0.25) is 0 Å². The monoisotopic (exact) mass is 414 g/mol. The zero-order valence-electron chi connectivity index (χ0n) is 17.0. The van der Waals surface area contributed by atoms with Crippen LogP contribution < -0.4 is 15.4 Å². The van der Waals surface area contributed by atoms with Gasteiger partial charge in [-0.1, -0.05) is 0 Å². The second kappa shape index (κ2) is 8.53. The highest BCUT2D eigenvalue weighted by Gasteiger charge is 2.44. The number of ether oxygens (including phenoxy) is 1. The Morgan fingerprint density at radius 3 is 2.53 bits per heavy atom. The van der Waals surface area contributed by atoms with E-state index >= 15 is 0 Å². The van der Waals surface area contributed by atoms with Crippen molar-refractivity contribution in [3.8, 4) is 5.75 Å². The van der Waals surface area contributed by atoms with Gasteiger partial charge in [-0.2, -0.15) is 0 Å². The van der Waals surface area contributed by atoms with Gasteiger partial charge in [-0.05, 0) is 57.6 Å². The SMILES string of the molecule is CN(CCOc1ccc2c(c1)C(=O)N(C1CCC(=O)NC1=O)C2=O)C1CCNCC1. The Kier molecular flexibility index (Phi) is 5.83. The van der Waals surface area contributed by atoms with Crippen molar-refractivity contribution in [2.75, 3.05) is 33.3 Å². The van der Waals surface area contributed by atoms with Gasteiger partial charge in [0, 0.05) is 19.0 Å². The molecule has 2 saturated heterocycles. The average Bonchev–Trinajstić information content (AvgIpc) is 2.99. The van der Waals surface area contributed by atoms with Gasteiger partial charge in [0.25, 0.3) is 11.8 Å². The molecule has 3 aliphatic heterocycles. The average molecular weight is 414 g/mol. The molecule has 30 heavy (non-hydrogen) atoms. The Bertz CT molecular complexity index is 880. The van der Waals surface area contributed by atoms with Gasteiger partial charge in [0.1, 0.15) is 18.4 Å². The second-order valence-corrected chi connectivity index (χ2v) is 7.96. The van der Waals surface area contributed by atoms with E-state index in [1.165, 1.54) is 0 Å². The fraction of sp³-hybridized carbons (Fsp3) is 0.524. The van der Waals surface area contributed by atoms with Gasteiger partial charge in [0.15, 0.2) is 0 Å². The Morgan fingerprint density at radius 1 is 1.07 bits per heavy atom. The summed E-state index contributed by atoms with van der Waals surface area (Å²) >= 11 is 0. The summed E-state index contributed by atoms with van der Waals surface area (Å²) in [5, 5.41) is 5.55. The van der Waals surface area contributed by atoms with Gasteiger partial charge in [-0.15, -0.1) is 0 Å². The molecule has 1 aromatic carbocycles. The summed E-state index contributed by atoms with van der Waals surface area (Å²) in [6, 6.07) is 4.37. The summed E-state index contributed by atoms with van der Waals surface area (Å²) in [7, 11) is 2.09. The van der Waals surface area contributed by atoms with E-state index < -0.39 is 29.7 Å². The van der Waals surface area contributed by atoms with Gasteiger partial charge in [0.2, 0.25) is 11.8 Å². The summed E-state index contributed by atoms with van der Waals surface area (Å²) in [5.74, 6) is -1.53. The number of rotatable bonds is 6. The first kappa shape index (κ1) is 20.5. The molecule has 1 aromatic rings. The molecule has 9 heteroatoms. The molecular weight excluding hydrogens is 388 g/mol. The molecule has 9 nitrogen and oxygen atoms in total. The number of carbonyl (C=O) groups excluding carboxylic acids is 4. The highest BCUT2D eigenvalue weighted by molar-refractivity contribution is 6.23. The first-order valence-corrected chi connectivity index (χ1v) is 10.3. The largest absolute Gasteiger partial charge is 0.492 e. The van der Waals surface area contributed by atoms with Crippen LogP contribution in [0.5, 0.6) is 5.75 Å². The topological polar surface area (TPSA) is 108 Å². The van der Waals surface area contributed by atoms with E-state index in [2.05, 4.69) is 22.6 Å². The van der Waals surface area contributed by atoms with E-state index in [4.69, 9.17) is 4.74 Å². The van der Waals surface area contributed by atoms with Crippen molar-refractivity contribution in [1.82, 2.24) is 20.4 Å². The minimum absolute atomic E-state index is 0.0999. The van der Waals surface area contributed by atoms with E-state index in [1.54, 1.807) is 18.2 Å². The Morgan fingerprint density at radius 2 is 1.80 bits per heavy atom. The summed E-state index contributed by atoms with van der Waals surface area (Å²) < 4.78 is 5.83. The number of likely N-dealkylation sites (N-methyl/N-ethyl adjacent to an activating group) is 1. The van der Waals surface area contributed by atoms with E-state index in [1.807, 2.05) is 0 Å². The lowest BCUT2D eigenvalue weighted by Crippen LogP contribution is -2.54. The van der Waals surface area contributed by atoms with Crippen LogP contribution in [-0.2, 0) is 9.59 Å². The van der Waals surface area contributed by atoms with E-state index in [0.717, 1.165) is 37.4 Å². The zero-order valence-corrected chi connectivity index (χ0v) is 17.0. The van der Waals surface area contributed by atoms with Crippen molar-refractivity contribution in [2.24, 2.45) is 0 Å². The lowest BCUT2D eigenvalue weighted by Gasteiger charge is -2.31. The van der Waals surface area contributed by atoms with E-state index in [9.17, 15) is 19.2 Å². The number of nitrogens with one attached hydrogen (secondary N) is 2. The first-order valence-electron chi connectivity index (χ1n) is 10.3. The number of benzene rings is 1. The molecule has 2 N–H and O–H groups in total. The molecule has 1 atom stereocenters. The van der Waals surface area contributed by atoms with Crippen molar-refractivity contribution < 1.29 is 23.9 Å². The first-order chi connectivity index (χ1) is 14.5. The van der Waals surface area contributed by atoms with Crippen LogP contribution in [0.3, 0.4) is 0 Å². The third-order valence-electron chi connectivity index (χ3n) is 6.06. The van der Waals surface area contributed by atoms with Crippen LogP contribution in [0, 0.1) is 0 Å². The molecule has 2 fully saturated rings. The van der Waals surface area contributed by atoms with Crippen LogP contribution >= 0.6 is 0 Å². The number of amides is 4. The molecule has 4 rings (SSSR count). The summed E-state index contributed by atoms with van der Waals surface area (Å²) in [5.41, 5.74) is 0.484. The molecule has 0 spiro atoms. The maximum absolute atomic E-state index is 12.8. The van der Waals surface area contributed by atoms with Gasteiger partial charge < -0.3 is 10.1 Å². The van der Waals surface area contributed by atoms with Crippen LogP contribution in [0.15, 0.2) is 18.2 Å². The minimum Gasteiger partial charge on any atom is -0.492 e. The van der Waals surface area contributed by atoms with Crippen LogP contribution in [0.1, 0.15) is 46.4 Å². The molecule has 3 heterocycles. The number of hydrogen-bond donors (Lipinski definition) is 2. The molecule has 3 aliphatic rings. The predicted octanol–water partition coefficient (Wildman–Crippen LogP) is 0.150. The Labute approximate surface area is 174 Å². The number of piperidine rings is 2. The second-order valence-electron chi connectivity index (χ2n) is 7.96. The van der Waals surface area contributed by atoms with Crippen LogP contribution in [-0.4, -0.2) is 78.8 Å². The highest BCUT2D eigenvalue weighted by atomic mass is 16.5. The minimum atomic E-state index is -0.960. The smallest absolute Gasteiger partial charge is 0.262 e. The third-order valence-corrected chi connectivity index (χ3v) is 6.06. The maximum atomic E-state index is 12.8. The molecule has 0 aliphatic carbocycles. The fourth-order valence-corrected chi connectivity index (χ4v) is 4.28. The number of carbonyl (C=O) groups is 4. The summed E-state index contributed by atoms with van der Waals surface area (Å²) in [6.07, 6.45) is 2.47. The number of nitrogens with zero attached hydrogens (tertiary/aromatic N) is 2. The van der Waals surface area contributed by atoms with Crippen LogP contribution in [0.25, 0.3) is 0 Å². The van der Waals surface area contributed by atoms with Crippen molar-refractivity contribution in [2.45, 2.75) is 37.8 Å². The van der Waals surface area contributed by atoms with Gasteiger partial charge in [0.05, 0.1) is 11.1 Å². The maximum Gasteiger partial charge on any atom is 0.262 e. The molecule has 0 bridgehead atoms. The lowest BCUT2D eigenvalue weighted by molar-refractivity contribution is -0.136. The highest BCUT2D eigenvalue weighted by Crippen LogP contribution is 2.30. The zero-order chi connectivity index (χ0) is 21.3. The normalized spacial score (nSPS) is 22.5. The molecule has 0 radical (unpaired) electrons. The number of fused-ring (bicyclic) bond motifs is 1. The Balaban J connectivity index is 1.39. The quantitative estimate of drug-likeness (QED) is 0.638. The van der Waals surface area contributed by atoms with Gasteiger partial charge >= 0.3 is 0 Å². The molecule has 4 amide bonds. The van der Waals surface area contributed by atoms with E-state index in [-0.39, 0.29) is 24.0 Å². The van der Waals surface area contributed by atoms with Crippen molar-refractivity contribution >= 4 is 23.6 Å². The fourth-order valence-electron chi connectivity index (χ4n) is 4.28.